The number of nitrogens with zero attached hydrogens (tertiary/aromatic N) is 4. The average molecular weight is 401 g/mol. The SMILES string of the molecule is CC(=O)N[C@H]1CCN(c2nc(Nc3cc(N)cc(C#N)c3)nc3c(C)cccc23)C1. The van der Waals surface area contributed by atoms with Crippen LogP contribution in [0.2, 0.25) is 0 Å². The lowest BCUT2D eigenvalue weighted by Gasteiger charge is -2.21. The predicted octanol–water partition coefficient (Wildman–Crippen LogP) is 2.85. The molecule has 1 aliphatic heterocycles. The number of aryl methyl sites for hydroxylation is 1. The molecule has 30 heavy (non-hydrogen) atoms. The first-order chi connectivity index (χ1) is 14.4. The summed E-state index contributed by atoms with van der Waals surface area (Å²) < 4.78 is 0. The third-order valence-corrected chi connectivity index (χ3v) is 5.14. The fourth-order valence-corrected chi connectivity index (χ4v) is 3.85. The number of nitriles is 1. The van der Waals surface area contributed by atoms with Crippen LogP contribution in [0.3, 0.4) is 0 Å². The lowest BCUT2D eigenvalue weighted by Crippen LogP contribution is -2.35. The van der Waals surface area contributed by atoms with Crippen LogP contribution in [0.1, 0.15) is 24.5 Å². The molecule has 0 radical (unpaired) electrons. The van der Waals surface area contributed by atoms with E-state index in [0.29, 0.717) is 29.4 Å². The smallest absolute Gasteiger partial charge is 0.229 e. The Bertz CT molecular complexity index is 1170. The Morgan fingerprint density at radius 3 is 2.90 bits per heavy atom. The molecule has 0 aliphatic carbocycles. The van der Waals surface area contributed by atoms with Crippen molar-refractivity contribution in [1.29, 1.82) is 5.26 Å². The zero-order chi connectivity index (χ0) is 21.3. The van der Waals surface area contributed by atoms with Crippen LogP contribution < -0.4 is 21.3 Å². The molecule has 4 N–H and O–H groups in total. The maximum atomic E-state index is 11.4. The van der Waals surface area contributed by atoms with Gasteiger partial charge in [0.25, 0.3) is 0 Å². The summed E-state index contributed by atoms with van der Waals surface area (Å²) in [6.45, 7) is 5.04. The number of fused-ring (bicyclic) bond motifs is 1. The van der Waals surface area contributed by atoms with E-state index >= 15 is 0 Å². The number of nitrogen functional groups attached to an aromatic ring is 1. The minimum atomic E-state index is -0.0254. The number of carbonyl (C=O) groups is 1. The Morgan fingerprint density at radius 1 is 1.30 bits per heavy atom. The Morgan fingerprint density at radius 2 is 2.13 bits per heavy atom. The molecule has 1 fully saturated rings. The van der Waals surface area contributed by atoms with Gasteiger partial charge in [-0.1, -0.05) is 12.1 Å². The standard InChI is InChI=1S/C22H23N7O/c1-13-4-3-5-19-20(13)27-22(26-18-9-15(11-23)8-16(24)10-18)28-21(19)29-7-6-17(12-29)25-14(2)30/h3-5,8-10,17H,6-7,12,24H2,1-2H3,(H,25,30)(H,26,27,28)/t17-/m0/s1. The summed E-state index contributed by atoms with van der Waals surface area (Å²) in [5.74, 6) is 1.23. The van der Waals surface area contributed by atoms with Gasteiger partial charge >= 0.3 is 0 Å². The normalized spacial score (nSPS) is 15.8. The molecule has 1 atom stereocenters. The predicted molar refractivity (Wildman–Crippen MR) is 118 cm³/mol. The van der Waals surface area contributed by atoms with E-state index in [1.807, 2.05) is 25.1 Å². The molecule has 152 valence electrons. The number of anilines is 4. The van der Waals surface area contributed by atoms with Crippen molar-refractivity contribution in [2.45, 2.75) is 26.3 Å². The fourth-order valence-electron chi connectivity index (χ4n) is 3.85. The molecule has 3 aromatic rings. The van der Waals surface area contributed by atoms with Crippen molar-refractivity contribution in [3.8, 4) is 6.07 Å². The first kappa shape index (κ1) is 19.5. The average Bonchev–Trinajstić information content (AvgIpc) is 3.15. The molecule has 2 aromatic carbocycles. The fraction of sp³-hybridized carbons (Fsp3) is 0.273. The summed E-state index contributed by atoms with van der Waals surface area (Å²) in [6, 6.07) is 13.3. The molecule has 1 aliphatic rings. The number of amides is 1. The van der Waals surface area contributed by atoms with Gasteiger partial charge in [-0.3, -0.25) is 4.79 Å². The van der Waals surface area contributed by atoms with Gasteiger partial charge in [0.05, 0.1) is 17.1 Å². The van der Waals surface area contributed by atoms with Crippen molar-refractivity contribution in [2.75, 3.05) is 29.0 Å². The van der Waals surface area contributed by atoms with Crippen LogP contribution >= 0.6 is 0 Å². The van der Waals surface area contributed by atoms with Crippen molar-refractivity contribution >= 4 is 40.0 Å². The maximum Gasteiger partial charge on any atom is 0.229 e. The van der Waals surface area contributed by atoms with Crippen LogP contribution in [-0.2, 0) is 4.79 Å². The van der Waals surface area contributed by atoms with Crippen LogP contribution in [0.5, 0.6) is 0 Å². The lowest BCUT2D eigenvalue weighted by atomic mass is 10.1. The molecule has 8 heteroatoms. The number of carbonyl (C=O) groups excluding carboxylic acids is 1. The number of hydrogen-bond donors (Lipinski definition) is 3. The van der Waals surface area contributed by atoms with Crippen LogP contribution in [-0.4, -0.2) is 35.0 Å². The van der Waals surface area contributed by atoms with Crippen LogP contribution in [0.25, 0.3) is 10.9 Å². The van der Waals surface area contributed by atoms with E-state index in [2.05, 4.69) is 21.6 Å². The Hall–Kier alpha value is -3.86. The topological polar surface area (TPSA) is 120 Å². The second kappa shape index (κ2) is 7.87. The number of hydrogen-bond acceptors (Lipinski definition) is 7. The summed E-state index contributed by atoms with van der Waals surface area (Å²) in [5, 5.41) is 16.4. The van der Waals surface area contributed by atoms with Crippen molar-refractivity contribution in [1.82, 2.24) is 15.3 Å². The molecule has 1 aromatic heterocycles. The van der Waals surface area contributed by atoms with Crippen molar-refractivity contribution < 1.29 is 4.79 Å². The van der Waals surface area contributed by atoms with Gasteiger partial charge < -0.3 is 21.3 Å². The van der Waals surface area contributed by atoms with E-state index in [0.717, 1.165) is 35.2 Å². The Kier molecular flexibility index (Phi) is 5.11. The highest BCUT2D eigenvalue weighted by Crippen LogP contribution is 2.31. The number of nitrogens with two attached hydrogens (primary N) is 1. The van der Waals surface area contributed by atoms with Crippen LogP contribution in [0.15, 0.2) is 36.4 Å². The van der Waals surface area contributed by atoms with E-state index < -0.39 is 0 Å². The summed E-state index contributed by atoms with van der Waals surface area (Å²) in [6.07, 6.45) is 0.862. The number of aromatic nitrogens is 2. The molecule has 1 saturated heterocycles. The number of rotatable bonds is 4. The molecular weight excluding hydrogens is 378 g/mol. The number of para-hydroxylation sites is 1. The van der Waals surface area contributed by atoms with Gasteiger partial charge in [-0.2, -0.15) is 10.2 Å². The van der Waals surface area contributed by atoms with Crippen molar-refractivity contribution in [3.05, 3.63) is 47.5 Å². The van der Waals surface area contributed by atoms with Crippen LogP contribution in [0, 0.1) is 18.3 Å². The van der Waals surface area contributed by atoms with E-state index in [4.69, 9.17) is 15.7 Å². The van der Waals surface area contributed by atoms with Gasteiger partial charge in [0.2, 0.25) is 11.9 Å². The highest BCUT2D eigenvalue weighted by molar-refractivity contribution is 5.93. The zero-order valence-electron chi connectivity index (χ0n) is 16.9. The molecule has 0 saturated carbocycles. The Balaban J connectivity index is 1.74. The molecule has 2 heterocycles. The molecule has 8 nitrogen and oxygen atoms in total. The summed E-state index contributed by atoms with van der Waals surface area (Å²) in [7, 11) is 0. The highest BCUT2D eigenvalue weighted by Gasteiger charge is 2.26. The molecule has 4 rings (SSSR count). The summed E-state index contributed by atoms with van der Waals surface area (Å²) in [4.78, 5) is 23.1. The van der Waals surface area contributed by atoms with Gasteiger partial charge in [0, 0.05) is 42.8 Å². The second-order valence-corrected chi connectivity index (χ2v) is 7.55. The third-order valence-electron chi connectivity index (χ3n) is 5.14. The summed E-state index contributed by atoms with van der Waals surface area (Å²) in [5.41, 5.74) is 9.43. The molecule has 1 amide bonds. The quantitative estimate of drug-likeness (QED) is 0.575. The molecular formula is C22H23N7O. The third kappa shape index (κ3) is 3.96. The minimum absolute atomic E-state index is 0.0254. The van der Waals surface area contributed by atoms with Crippen LogP contribution in [0.4, 0.5) is 23.1 Å². The van der Waals surface area contributed by atoms with E-state index in [9.17, 15) is 10.1 Å². The minimum Gasteiger partial charge on any atom is -0.399 e. The first-order valence-corrected chi connectivity index (χ1v) is 9.80. The lowest BCUT2D eigenvalue weighted by molar-refractivity contribution is -0.119. The van der Waals surface area contributed by atoms with E-state index in [1.165, 1.54) is 6.92 Å². The largest absolute Gasteiger partial charge is 0.399 e. The number of benzene rings is 2. The highest BCUT2D eigenvalue weighted by atomic mass is 16.1. The molecule has 0 spiro atoms. The van der Waals surface area contributed by atoms with Crippen molar-refractivity contribution in [3.63, 3.8) is 0 Å². The second-order valence-electron chi connectivity index (χ2n) is 7.55. The zero-order valence-corrected chi connectivity index (χ0v) is 16.9. The first-order valence-electron chi connectivity index (χ1n) is 9.80. The van der Waals surface area contributed by atoms with Crippen molar-refractivity contribution in [2.24, 2.45) is 0 Å². The van der Waals surface area contributed by atoms with Gasteiger partial charge in [-0.15, -0.1) is 0 Å². The van der Waals surface area contributed by atoms with E-state index in [1.54, 1.807) is 18.2 Å². The molecule has 0 unspecified atom stereocenters. The van der Waals surface area contributed by atoms with Gasteiger partial charge in [0.15, 0.2) is 0 Å². The molecule has 0 bridgehead atoms. The summed E-state index contributed by atoms with van der Waals surface area (Å²) >= 11 is 0. The number of nitrogens with one attached hydrogen (secondary N) is 2. The van der Waals surface area contributed by atoms with Gasteiger partial charge in [-0.25, -0.2) is 4.98 Å². The van der Waals surface area contributed by atoms with Gasteiger partial charge in [0.1, 0.15) is 5.82 Å². The van der Waals surface area contributed by atoms with E-state index in [-0.39, 0.29) is 11.9 Å². The maximum absolute atomic E-state index is 11.4. The Labute approximate surface area is 174 Å². The van der Waals surface area contributed by atoms with Gasteiger partial charge in [-0.05, 0) is 43.2 Å². The monoisotopic (exact) mass is 401 g/mol.